The first kappa shape index (κ1) is 21.1. The number of fused-ring (bicyclic) bond motifs is 1. The van der Waals surface area contributed by atoms with Gasteiger partial charge >= 0.3 is 6.03 Å². The van der Waals surface area contributed by atoms with E-state index in [0.717, 1.165) is 46.7 Å². The second-order valence-electron chi connectivity index (χ2n) is 7.64. The van der Waals surface area contributed by atoms with Gasteiger partial charge in [0.25, 0.3) is 0 Å². The predicted octanol–water partition coefficient (Wildman–Crippen LogP) is 4.99. The van der Waals surface area contributed by atoms with Gasteiger partial charge in [-0.1, -0.05) is 30.3 Å². The van der Waals surface area contributed by atoms with Crippen LogP contribution in [0.5, 0.6) is 0 Å². The molecule has 0 bridgehead atoms. The fraction of sp³-hybridized carbons (Fsp3) is 0.160. The number of hydrogen-bond donors (Lipinski definition) is 3. The van der Waals surface area contributed by atoms with Crippen LogP contribution in [0.25, 0.3) is 10.9 Å². The largest absolute Gasteiger partial charge is 0.378 e. The Balaban J connectivity index is 1.31. The maximum Gasteiger partial charge on any atom is 0.323 e. The number of urea groups is 1. The average Bonchev–Trinajstić information content (AvgIpc) is 2.80. The smallest absolute Gasteiger partial charge is 0.323 e. The van der Waals surface area contributed by atoms with E-state index in [1.807, 2.05) is 74.8 Å². The van der Waals surface area contributed by atoms with Crippen molar-refractivity contribution in [2.45, 2.75) is 6.42 Å². The molecule has 0 aliphatic heterocycles. The summed E-state index contributed by atoms with van der Waals surface area (Å²) in [6.45, 7) is 0.739. The molecular formula is C25H26N6O. The molecule has 4 rings (SSSR count). The monoisotopic (exact) mass is 426 g/mol. The van der Waals surface area contributed by atoms with E-state index < -0.39 is 0 Å². The number of anilines is 4. The third-order valence-electron chi connectivity index (χ3n) is 5.09. The van der Waals surface area contributed by atoms with Crippen molar-refractivity contribution < 1.29 is 4.79 Å². The molecule has 7 heteroatoms. The number of carbonyl (C=O) groups excluding carboxylic acids is 1. The molecule has 1 heterocycles. The van der Waals surface area contributed by atoms with Crippen molar-refractivity contribution in [3.8, 4) is 0 Å². The van der Waals surface area contributed by atoms with Crippen LogP contribution in [-0.4, -0.2) is 36.6 Å². The van der Waals surface area contributed by atoms with Crippen LogP contribution in [-0.2, 0) is 6.42 Å². The molecule has 7 nitrogen and oxygen atoms in total. The lowest BCUT2D eigenvalue weighted by atomic mass is 10.1. The molecule has 0 saturated heterocycles. The zero-order valence-corrected chi connectivity index (χ0v) is 18.2. The van der Waals surface area contributed by atoms with Gasteiger partial charge in [-0.05, 0) is 54.4 Å². The third-order valence-corrected chi connectivity index (χ3v) is 5.09. The Labute approximate surface area is 187 Å². The highest BCUT2D eigenvalue weighted by molar-refractivity contribution is 5.99. The van der Waals surface area contributed by atoms with Crippen LogP contribution in [0.15, 0.2) is 79.1 Å². The minimum absolute atomic E-state index is 0.265. The summed E-state index contributed by atoms with van der Waals surface area (Å²) in [5.74, 6) is 0.830. The summed E-state index contributed by atoms with van der Waals surface area (Å²) in [6.07, 6.45) is 2.42. The number of aromatic nitrogens is 2. The Morgan fingerprint density at radius 1 is 0.875 bits per heavy atom. The Bertz CT molecular complexity index is 1190. The van der Waals surface area contributed by atoms with Crippen LogP contribution < -0.4 is 20.9 Å². The fourth-order valence-electron chi connectivity index (χ4n) is 3.36. The average molecular weight is 427 g/mol. The zero-order chi connectivity index (χ0) is 22.3. The molecule has 0 fully saturated rings. The van der Waals surface area contributed by atoms with Crippen LogP contribution in [0.1, 0.15) is 5.56 Å². The van der Waals surface area contributed by atoms with Gasteiger partial charge in [0.2, 0.25) is 0 Å². The second-order valence-corrected chi connectivity index (χ2v) is 7.64. The van der Waals surface area contributed by atoms with Crippen LogP contribution in [0.4, 0.5) is 27.7 Å². The molecule has 4 aromatic rings. The van der Waals surface area contributed by atoms with Crippen LogP contribution >= 0.6 is 0 Å². The normalized spacial score (nSPS) is 10.6. The van der Waals surface area contributed by atoms with Crippen molar-refractivity contribution in [2.24, 2.45) is 0 Å². The van der Waals surface area contributed by atoms with Gasteiger partial charge in [0.05, 0.1) is 5.52 Å². The van der Waals surface area contributed by atoms with Gasteiger partial charge < -0.3 is 20.9 Å². The summed E-state index contributed by atoms with van der Waals surface area (Å²) in [5.41, 5.74) is 4.68. The third kappa shape index (κ3) is 5.31. The Kier molecular flexibility index (Phi) is 6.46. The SMILES string of the molecule is CN(C)c1ccc2c(NCCc3ccc(NC(=O)Nc4ccccc4)cc3)ncnc2c1. The maximum atomic E-state index is 12.1. The fourth-order valence-corrected chi connectivity index (χ4v) is 3.36. The summed E-state index contributed by atoms with van der Waals surface area (Å²) >= 11 is 0. The Morgan fingerprint density at radius 3 is 2.31 bits per heavy atom. The number of nitrogens with one attached hydrogen (secondary N) is 3. The lowest BCUT2D eigenvalue weighted by molar-refractivity contribution is 0.262. The van der Waals surface area contributed by atoms with Gasteiger partial charge in [-0.3, -0.25) is 0 Å². The number of hydrogen-bond acceptors (Lipinski definition) is 5. The van der Waals surface area contributed by atoms with E-state index in [0.29, 0.717) is 0 Å². The van der Waals surface area contributed by atoms with Crippen molar-refractivity contribution in [3.63, 3.8) is 0 Å². The maximum absolute atomic E-state index is 12.1. The quantitative estimate of drug-likeness (QED) is 0.388. The number of rotatable bonds is 7. The summed E-state index contributed by atoms with van der Waals surface area (Å²) in [7, 11) is 4.02. The van der Waals surface area contributed by atoms with Crippen LogP contribution in [0.3, 0.4) is 0 Å². The number of carbonyl (C=O) groups is 1. The number of nitrogens with zero attached hydrogens (tertiary/aromatic N) is 3. The minimum atomic E-state index is -0.265. The lowest BCUT2D eigenvalue weighted by Gasteiger charge is -2.14. The molecular weight excluding hydrogens is 400 g/mol. The van der Waals surface area contributed by atoms with E-state index in [1.165, 1.54) is 5.56 Å². The van der Waals surface area contributed by atoms with Crippen molar-refractivity contribution in [1.82, 2.24) is 9.97 Å². The molecule has 0 aliphatic carbocycles. The van der Waals surface area contributed by atoms with Crippen molar-refractivity contribution >= 4 is 39.8 Å². The highest BCUT2D eigenvalue weighted by Crippen LogP contribution is 2.23. The Morgan fingerprint density at radius 2 is 1.59 bits per heavy atom. The molecule has 0 saturated carbocycles. The van der Waals surface area contributed by atoms with E-state index in [4.69, 9.17) is 0 Å². The van der Waals surface area contributed by atoms with Gasteiger partial charge in [-0.25, -0.2) is 14.8 Å². The number of benzene rings is 3. The molecule has 1 aromatic heterocycles. The highest BCUT2D eigenvalue weighted by Gasteiger charge is 2.06. The van der Waals surface area contributed by atoms with Crippen molar-refractivity contribution in [1.29, 1.82) is 0 Å². The van der Waals surface area contributed by atoms with Gasteiger partial charge in [-0.2, -0.15) is 0 Å². The van der Waals surface area contributed by atoms with Crippen LogP contribution in [0.2, 0.25) is 0 Å². The molecule has 162 valence electrons. The number of amides is 2. The van der Waals surface area contributed by atoms with Gasteiger partial charge in [0.1, 0.15) is 12.1 Å². The van der Waals surface area contributed by atoms with E-state index in [-0.39, 0.29) is 6.03 Å². The van der Waals surface area contributed by atoms with Crippen molar-refractivity contribution in [2.75, 3.05) is 41.5 Å². The van der Waals surface area contributed by atoms with E-state index in [9.17, 15) is 4.79 Å². The second kappa shape index (κ2) is 9.78. The summed E-state index contributed by atoms with van der Waals surface area (Å²) in [6, 6.07) is 23.1. The Hall–Kier alpha value is -4.13. The first-order valence-corrected chi connectivity index (χ1v) is 10.5. The molecule has 0 spiro atoms. The number of para-hydroxylation sites is 1. The predicted molar refractivity (Wildman–Crippen MR) is 132 cm³/mol. The first-order chi connectivity index (χ1) is 15.6. The van der Waals surface area contributed by atoms with Gasteiger partial charge in [0, 0.05) is 43.1 Å². The van der Waals surface area contributed by atoms with E-state index in [1.54, 1.807) is 6.33 Å². The standard InChI is InChI=1S/C25H26N6O/c1-31(2)21-12-13-22-23(16-21)27-17-28-24(22)26-15-14-18-8-10-20(11-9-18)30-25(32)29-19-6-4-3-5-7-19/h3-13,16-17H,14-15H2,1-2H3,(H,26,27,28)(H2,29,30,32). The molecule has 3 aromatic carbocycles. The van der Waals surface area contributed by atoms with Crippen molar-refractivity contribution in [3.05, 3.63) is 84.7 Å². The van der Waals surface area contributed by atoms with Crippen LogP contribution in [0, 0.1) is 0 Å². The molecule has 32 heavy (non-hydrogen) atoms. The summed E-state index contributed by atoms with van der Waals surface area (Å²) < 4.78 is 0. The lowest BCUT2D eigenvalue weighted by Crippen LogP contribution is -2.19. The summed E-state index contributed by atoms with van der Waals surface area (Å²) in [4.78, 5) is 23.0. The molecule has 0 radical (unpaired) electrons. The molecule has 0 aliphatic rings. The highest BCUT2D eigenvalue weighted by atomic mass is 16.2. The molecule has 2 amide bonds. The summed E-state index contributed by atoms with van der Waals surface area (Å²) in [5, 5.41) is 10.1. The minimum Gasteiger partial charge on any atom is -0.378 e. The van der Waals surface area contributed by atoms with Gasteiger partial charge in [0.15, 0.2) is 0 Å². The topological polar surface area (TPSA) is 82.2 Å². The molecule has 0 atom stereocenters. The zero-order valence-electron chi connectivity index (χ0n) is 18.2. The van der Waals surface area contributed by atoms with E-state index >= 15 is 0 Å². The first-order valence-electron chi connectivity index (χ1n) is 10.5. The van der Waals surface area contributed by atoms with E-state index in [2.05, 4.69) is 43.0 Å². The molecule has 0 unspecified atom stereocenters. The molecule has 3 N–H and O–H groups in total. The van der Waals surface area contributed by atoms with Gasteiger partial charge in [-0.15, -0.1) is 0 Å².